The van der Waals surface area contributed by atoms with Crippen LogP contribution in [0.5, 0.6) is 0 Å². The molecular formula is C26H29N5O7P-. The Morgan fingerprint density at radius 2 is 2.10 bits per heavy atom. The van der Waals surface area contributed by atoms with Gasteiger partial charge in [-0.2, -0.15) is 4.98 Å². The molecule has 2 bridgehead atoms. The van der Waals surface area contributed by atoms with Gasteiger partial charge in [0.25, 0.3) is 5.56 Å². The van der Waals surface area contributed by atoms with Crippen molar-refractivity contribution in [2.45, 2.75) is 51.5 Å². The fourth-order valence-electron chi connectivity index (χ4n) is 5.84. The summed E-state index contributed by atoms with van der Waals surface area (Å²) in [5.74, 6) is -0.243. The number of imidazole rings is 1. The highest BCUT2D eigenvalue weighted by Crippen LogP contribution is 2.68. The maximum absolute atomic E-state index is 13.1. The zero-order chi connectivity index (χ0) is 27.5. The summed E-state index contributed by atoms with van der Waals surface area (Å²) < 4.78 is 26.1. The Balaban J connectivity index is 1.19. The molecule has 7 rings (SSSR count). The Morgan fingerprint density at radius 3 is 2.82 bits per heavy atom. The third kappa shape index (κ3) is 4.56. The zero-order valence-electron chi connectivity index (χ0n) is 21.4. The van der Waals surface area contributed by atoms with Gasteiger partial charge in [0.15, 0.2) is 11.2 Å². The molecule has 1 aliphatic heterocycles. The molecular weight excluding hydrogens is 525 g/mol. The van der Waals surface area contributed by atoms with E-state index in [-0.39, 0.29) is 41.5 Å². The molecule has 206 valence electrons. The number of rotatable bonds is 7. The highest BCUT2D eigenvalue weighted by molar-refractivity contribution is 7.57. The maximum Gasteiger partial charge on any atom is 0.354 e. The normalized spacial score (nSPS) is 29.6. The summed E-state index contributed by atoms with van der Waals surface area (Å²) in [6, 6.07) is 8.37. The van der Waals surface area contributed by atoms with Crippen LogP contribution in [0.2, 0.25) is 0 Å². The van der Waals surface area contributed by atoms with E-state index in [1.807, 2.05) is 6.08 Å². The highest BCUT2D eigenvalue weighted by Gasteiger charge is 2.55. The van der Waals surface area contributed by atoms with E-state index in [1.165, 1.54) is 10.9 Å². The molecule has 2 aromatic heterocycles. The van der Waals surface area contributed by atoms with Gasteiger partial charge in [-0.05, 0) is 41.6 Å². The van der Waals surface area contributed by atoms with Crippen LogP contribution in [0, 0.1) is 17.3 Å². The quantitative estimate of drug-likeness (QED) is 0.225. The van der Waals surface area contributed by atoms with Crippen LogP contribution in [0.15, 0.2) is 57.8 Å². The monoisotopic (exact) mass is 554 g/mol. The lowest BCUT2D eigenvalue weighted by Crippen LogP contribution is -2.48. The Bertz CT molecular complexity index is 1580. The molecule has 0 radical (unpaired) electrons. The Labute approximate surface area is 223 Å². The van der Waals surface area contributed by atoms with Gasteiger partial charge in [0.2, 0.25) is 5.95 Å². The first-order valence-electron chi connectivity index (χ1n) is 12.8. The maximum atomic E-state index is 13.1. The van der Waals surface area contributed by atoms with Gasteiger partial charge in [0, 0.05) is 11.7 Å². The molecule has 39 heavy (non-hydrogen) atoms. The molecule has 1 saturated heterocycles. The smallest absolute Gasteiger partial charge is 0.354 e. The van der Waals surface area contributed by atoms with Crippen LogP contribution >= 0.6 is 7.60 Å². The number of benzene rings is 1. The number of nitrogens with zero attached hydrogens (tertiary/aromatic N) is 4. The van der Waals surface area contributed by atoms with Crippen molar-refractivity contribution in [3.8, 4) is 0 Å². The standard InChI is InChI=1S/C26H30N5O7P/c1-26(2)15-8-9-19(16(26)10-15)39(35,36)37-12-18-17(32)11-20(38-18)31-13-27-21-22(31)28-25(30-24(21)34)29-23(33)14-6-4-3-5-7-14/h3-7,9,13,15-18,20,32H,8,10-12H2,1-2H3,(H,35,36)(H2,28,29,30,33,34)/p-1/t15-,16-,17+,18-,20-/m1/s1. The average molecular weight is 555 g/mol. The number of allylic oxidation sites excluding steroid dienone is 2. The number of nitrogens with one attached hydrogen (secondary N) is 1. The van der Waals surface area contributed by atoms with Gasteiger partial charge in [-0.15, -0.1) is 0 Å². The molecule has 4 aliphatic rings. The number of aromatic amines is 1. The minimum Gasteiger partial charge on any atom is -0.858 e. The molecule has 6 atom stereocenters. The predicted octanol–water partition coefficient (Wildman–Crippen LogP) is 2.36. The van der Waals surface area contributed by atoms with E-state index >= 15 is 0 Å². The Kier molecular flexibility index (Phi) is 6.35. The van der Waals surface area contributed by atoms with Crippen LogP contribution in [0.1, 0.15) is 44.9 Å². The number of aliphatic imine (C=N–C) groups is 1. The minimum atomic E-state index is -4.07. The van der Waals surface area contributed by atoms with Crippen LogP contribution in [0.25, 0.3) is 11.2 Å². The van der Waals surface area contributed by atoms with E-state index in [0.717, 1.165) is 12.8 Å². The number of hydrogen-bond donors (Lipinski definition) is 3. The third-order valence-electron chi connectivity index (χ3n) is 8.34. The fourth-order valence-corrected chi connectivity index (χ4v) is 7.51. The summed E-state index contributed by atoms with van der Waals surface area (Å²) in [5.41, 5.74) is -0.141. The average Bonchev–Trinajstić information content (AvgIpc) is 3.51. The summed E-state index contributed by atoms with van der Waals surface area (Å²) in [6.07, 6.45) is 2.27. The van der Waals surface area contributed by atoms with Crippen molar-refractivity contribution in [3.05, 3.63) is 64.0 Å². The number of aliphatic hydroxyl groups is 1. The van der Waals surface area contributed by atoms with Gasteiger partial charge in [-0.1, -0.05) is 50.3 Å². The van der Waals surface area contributed by atoms with E-state index in [9.17, 15) is 24.5 Å². The predicted molar refractivity (Wildman–Crippen MR) is 139 cm³/mol. The fraction of sp³-hybridized carbons (Fsp3) is 0.462. The molecule has 3 aliphatic carbocycles. The summed E-state index contributed by atoms with van der Waals surface area (Å²) >= 11 is 0. The first-order valence-corrected chi connectivity index (χ1v) is 14.4. The number of H-pyrrole nitrogens is 1. The first kappa shape index (κ1) is 26.1. The van der Waals surface area contributed by atoms with Gasteiger partial charge in [0.05, 0.1) is 19.0 Å². The van der Waals surface area contributed by atoms with Gasteiger partial charge >= 0.3 is 7.60 Å². The van der Waals surface area contributed by atoms with Crippen molar-refractivity contribution >= 4 is 30.6 Å². The van der Waals surface area contributed by atoms with Crippen LogP contribution in [-0.4, -0.2) is 54.2 Å². The number of hydrogen-bond acceptors (Lipinski definition) is 9. The SMILES string of the molecule is CC1(C)[C@@H]2CC=C(P(=O)(O)OC[C@H]3O[C@@H](n4cnc5c(=O)[nH]c(N=C([O-])c6ccccc6)nc54)C[C@@H]3O)[C@H]1C2. The number of fused-ring (bicyclic) bond motifs is 2. The third-order valence-corrected chi connectivity index (χ3v) is 9.99. The van der Waals surface area contributed by atoms with E-state index in [0.29, 0.717) is 16.8 Å². The molecule has 0 amide bonds. The zero-order valence-corrected chi connectivity index (χ0v) is 22.3. The second-order valence-corrected chi connectivity index (χ2v) is 12.7. The molecule has 1 saturated carbocycles. The van der Waals surface area contributed by atoms with Crippen molar-refractivity contribution in [2.24, 2.45) is 22.2 Å². The van der Waals surface area contributed by atoms with Gasteiger partial charge < -0.3 is 24.4 Å². The molecule has 0 spiro atoms. The van der Waals surface area contributed by atoms with Gasteiger partial charge in [-0.3, -0.25) is 18.9 Å². The number of aromatic nitrogens is 4. The molecule has 1 unspecified atom stereocenters. The number of ether oxygens (including phenoxy) is 1. The molecule has 3 N–H and O–H groups in total. The second-order valence-electron chi connectivity index (χ2n) is 10.9. The van der Waals surface area contributed by atoms with Crippen LogP contribution < -0.4 is 10.7 Å². The molecule has 3 aromatic rings. The van der Waals surface area contributed by atoms with Crippen molar-refractivity contribution in [3.63, 3.8) is 0 Å². The second kappa shape index (κ2) is 9.50. The van der Waals surface area contributed by atoms with E-state index < -0.39 is 37.5 Å². The van der Waals surface area contributed by atoms with Crippen molar-refractivity contribution in [2.75, 3.05) is 6.61 Å². The molecule has 3 heterocycles. The van der Waals surface area contributed by atoms with Crippen LogP contribution in [0.3, 0.4) is 0 Å². The van der Waals surface area contributed by atoms with Crippen LogP contribution in [-0.2, 0) is 13.8 Å². The van der Waals surface area contributed by atoms with Crippen LogP contribution in [0.4, 0.5) is 5.95 Å². The Morgan fingerprint density at radius 1 is 1.33 bits per heavy atom. The lowest BCUT2D eigenvalue weighted by Gasteiger charge is -2.56. The first-order chi connectivity index (χ1) is 18.5. The van der Waals surface area contributed by atoms with Gasteiger partial charge in [0.1, 0.15) is 12.3 Å². The van der Waals surface area contributed by atoms with E-state index in [4.69, 9.17) is 9.26 Å². The molecule has 13 heteroatoms. The van der Waals surface area contributed by atoms with Gasteiger partial charge in [-0.25, -0.2) is 9.98 Å². The number of aliphatic hydroxyl groups excluding tert-OH is 1. The Hall–Kier alpha value is -3.15. The summed E-state index contributed by atoms with van der Waals surface area (Å²) in [5, 5.41) is 23.6. The molecule has 1 aromatic carbocycles. The molecule has 2 fully saturated rings. The largest absolute Gasteiger partial charge is 0.858 e. The van der Waals surface area contributed by atoms with Crippen molar-refractivity contribution in [1.29, 1.82) is 0 Å². The lowest BCUT2D eigenvalue weighted by atomic mass is 9.51. The molecule has 12 nitrogen and oxygen atoms in total. The van der Waals surface area contributed by atoms with Crippen molar-refractivity contribution < 1.29 is 28.9 Å². The summed E-state index contributed by atoms with van der Waals surface area (Å²) in [4.78, 5) is 38.1. The van der Waals surface area contributed by atoms with Crippen molar-refractivity contribution in [1.82, 2.24) is 19.5 Å². The highest BCUT2D eigenvalue weighted by atomic mass is 31.2. The minimum absolute atomic E-state index is 0.00381. The topological polar surface area (TPSA) is 175 Å². The van der Waals surface area contributed by atoms with E-state index in [1.54, 1.807) is 30.3 Å². The summed E-state index contributed by atoms with van der Waals surface area (Å²) in [6.45, 7) is 3.93. The lowest BCUT2D eigenvalue weighted by molar-refractivity contribution is -0.212. The van der Waals surface area contributed by atoms with E-state index in [2.05, 4.69) is 33.8 Å². The summed E-state index contributed by atoms with van der Waals surface area (Å²) in [7, 11) is -4.07.